The number of benzene rings is 2. The van der Waals surface area contributed by atoms with Crippen LogP contribution in [-0.4, -0.2) is 40.2 Å². The molecule has 2 aliphatic heterocycles. The number of hydrogen-bond acceptors (Lipinski definition) is 6. The molecule has 164 valence electrons. The average Bonchev–Trinajstić information content (AvgIpc) is 3.19. The first kappa shape index (κ1) is 22.3. The molecule has 0 atom stereocenters. The summed E-state index contributed by atoms with van der Waals surface area (Å²) in [5.41, 5.74) is 0.993. The Morgan fingerprint density at radius 2 is 1.69 bits per heavy atom. The molecule has 0 unspecified atom stereocenters. The van der Waals surface area contributed by atoms with Gasteiger partial charge in [-0.3, -0.25) is 10.2 Å². The van der Waals surface area contributed by atoms with E-state index in [1.807, 2.05) is 48.5 Å². The Balaban J connectivity index is 1.35. The second-order valence-electron chi connectivity index (χ2n) is 6.98. The second-order valence-corrected chi connectivity index (χ2v) is 8.94. The number of hydrazone groups is 1. The lowest BCUT2D eigenvalue weighted by molar-refractivity contribution is -0.114. The first-order valence-electron chi connectivity index (χ1n) is 10.1. The first-order chi connectivity index (χ1) is 15.5. The summed E-state index contributed by atoms with van der Waals surface area (Å²) in [5, 5.41) is 15.6. The fourth-order valence-corrected chi connectivity index (χ4v) is 4.27. The first-order valence-corrected chi connectivity index (χ1v) is 11.7. The highest BCUT2D eigenvalue weighted by Crippen LogP contribution is 2.30. The molecule has 0 fully saturated rings. The third kappa shape index (κ3) is 5.28. The molecule has 0 radical (unpaired) electrons. The van der Waals surface area contributed by atoms with Crippen molar-refractivity contribution < 1.29 is 14.3 Å². The van der Waals surface area contributed by atoms with E-state index in [9.17, 15) is 4.79 Å². The van der Waals surface area contributed by atoms with E-state index in [1.165, 1.54) is 16.8 Å². The lowest BCUT2D eigenvalue weighted by Gasteiger charge is -2.20. The number of halogens is 1. The van der Waals surface area contributed by atoms with Crippen LogP contribution in [-0.2, 0) is 4.79 Å². The van der Waals surface area contributed by atoms with Gasteiger partial charge in [0, 0.05) is 4.47 Å². The third-order valence-corrected chi connectivity index (χ3v) is 6.08. The zero-order valence-electron chi connectivity index (χ0n) is 17.4. The number of rotatable bonds is 8. The van der Waals surface area contributed by atoms with E-state index < -0.39 is 5.91 Å². The predicted molar refractivity (Wildman–Crippen MR) is 131 cm³/mol. The molecule has 2 aliphatic rings. The zero-order chi connectivity index (χ0) is 22.5. The van der Waals surface area contributed by atoms with E-state index in [2.05, 4.69) is 32.9 Å². The molecule has 0 aliphatic carbocycles. The second kappa shape index (κ2) is 10.1. The Labute approximate surface area is 198 Å². The van der Waals surface area contributed by atoms with Gasteiger partial charge in [-0.2, -0.15) is 15.1 Å². The lowest BCUT2D eigenvalue weighted by Crippen LogP contribution is -2.35. The summed E-state index contributed by atoms with van der Waals surface area (Å²) in [6.07, 6.45) is 3.40. The topological polar surface area (TPSA) is 87.3 Å². The fourth-order valence-electron chi connectivity index (χ4n) is 3.02. The molecule has 2 heterocycles. The fraction of sp³-hybridized carbons (Fsp3) is 0.217. The van der Waals surface area contributed by atoms with Crippen LogP contribution in [0.4, 0.5) is 0 Å². The summed E-state index contributed by atoms with van der Waals surface area (Å²) in [6.45, 7) is 2.89. The van der Waals surface area contributed by atoms with Gasteiger partial charge in [-0.25, -0.2) is 0 Å². The van der Waals surface area contributed by atoms with Crippen molar-refractivity contribution in [2.45, 2.75) is 19.8 Å². The van der Waals surface area contributed by atoms with Crippen LogP contribution in [0.15, 0.2) is 68.7 Å². The Morgan fingerprint density at radius 3 is 2.31 bits per heavy atom. The molecule has 0 saturated carbocycles. The molecule has 32 heavy (non-hydrogen) atoms. The normalized spacial score (nSPS) is 16.7. The molecule has 1 N–H and O–H groups in total. The molecule has 0 aromatic heterocycles. The number of carbonyl (C=O) groups excluding carboxylic acids is 1. The zero-order valence-corrected chi connectivity index (χ0v) is 19.8. The third-order valence-electron chi connectivity index (χ3n) is 4.59. The van der Waals surface area contributed by atoms with E-state index in [-0.39, 0.29) is 11.4 Å². The Morgan fingerprint density at radius 1 is 1.06 bits per heavy atom. The van der Waals surface area contributed by atoms with Crippen LogP contribution in [0.25, 0.3) is 6.08 Å². The maximum Gasteiger partial charge on any atom is 0.283 e. The number of ether oxygens (including phenoxy) is 2. The number of aliphatic imine (C=N–C) groups is 1. The molecule has 4 rings (SSSR count). The molecule has 0 saturated heterocycles. The Hall–Kier alpha value is -2.91. The van der Waals surface area contributed by atoms with Gasteiger partial charge in [-0.05, 0) is 72.6 Å². The van der Waals surface area contributed by atoms with Crippen molar-refractivity contribution in [2.24, 2.45) is 10.1 Å². The lowest BCUT2D eigenvalue weighted by atomic mass is 10.1. The number of thioether (sulfide) groups is 1. The van der Waals surface area contributed by atoms with Gasteiger partial charge in [0.05, 0.1) is 5.57 Å². The molecule has 2 aromatic rings. The van der Waals surface area contributed by atoms with Crippen molar-refractivity contribution in [3.05, 3.63) is 64.1 Å². The molecule has 7 nitrogen and oxygen atoms in total. The van der Waals surface area contributed by atoms with Gasteiger partial charge in [0.1, 0.15) is 29.8 Å². The molecule has 0 bridgehead atoms. The quantitative estimate of drug-likeness (QED) is 0.381. The van der Waals surface area contributed by atoms with Crippen LogP contribution in [0.2, 0.25) is 0 Å². The summed E-state index contributed by atoms with van der Waals surface area (Å²) < 4.78 is 12.4. The van der Waals surface area contributed by atoms with E-state index in [0.29, 0.717) is 24.1 Å². The van der Waals surface area contributed by atoms with Gasteiger partial charge >= 0.3 is 0 Å². The van der Waals surface area contributed by atoms with Crippen molar-refractivity contribution >= 4 is 55.7 Å². The van der Waals surface area contributed by atoms with E-state index in [4.69, 9.17) is 14.9 Å². The molecule has 2 aromatic carbocycles. The van der Waals surface area contributed by atoms with Crippen LogP contribution in [0, 0.1) is 5.41 Å². The maximum absolute atomic E-state index is 12.5. The summed E-state index contributed by atoms with van der Waals surface area (Å²) in [6, 6.07) is 14.9. The average molecular weight is 513 g/mol. The predicted octanol–water partition coefficient (Wildman–Crippen LogP) is 5.33. The number of fused-ring (bicyclic) bond motifs is 1. The Bertz CT molecular complexity index is 1110. The maximum atomic E-state index is 12.5. The van der Waals surface area contributed by atoms with Crippen molar-refractivity contribution in [3.63, 3.8) is 0 Å². The highest BCUT2D eigenvalue weighted by atomic mass is 79.9. The van der Waals surface area contributed by atoms with E-state index in [0.717, 1.165) is 33.7 Å². The summed E-state index contributed by atoms with van der Waals surface area (Å²) in [4.78, 5) is 16.6. The van der Waals surface area contributed by atoms with Crippen LogP contribution in [0.3, 0.4) is 0 Å². The minimum atomic E-state index is -0.424. The number of hydrogen-bond donors (Lipinski definition) is 1. The van der Waals surface area contributed by atoms with E-state index >= 15 is 0 Å². The number of nitrogens with one attached hydrogen (secondary N) is 1. The number of carbonyl (C=O) groups is 1. The van der Waals surface area contributed by atoms with Gasteiger partial charge < -0.3 is 9.47 Å². The Kier molecular flexibility index (Phi) is 7.06. The smallest absolute Gasteiger partial charge is 0.283 e. The highest BCUT2D eigenvalue weighted by molar-refractivity contribution is 9.10. The van der Waals surface area contributed by atoms with E-state index in [1.54, 1.807) is 6.08 Å². The van der Waals surface area contributed by atoms with Crippen LogP contribution >= 0.6 is 27.7 Å². The molecule has 1 amide bonds. The number of amidine groups is 2. The molecular formula is C23H21BrN4O3S. The monoisotopic (exact) mass is 512 g/mol. The van der Waals surface area contributed by atoms with Gasteiger partial charge in [-0.1, -0.05) is 35.0 Å². The van der Waals surface area contributed by atoms with Crippen LogP contribution in [0.1, 0.15) is 25.3 Å². The minimum absolute atomic E-state index is 0.0454. The van der Waals surface area contributed by atoms with Crippen molar-refractivity contribution in [2.75, 3.05) is 13.2 Å². The van der Waals surface area contributed by atoms with Crippen molar-refractivity contribution in [1.29, 1.82) is 5.41 Å². The van der Waals surface area contributed by atoms with Crippen molar-refractivity contribution in [1.82, 2.24) is 5.01 Å². The molecule has 0 spiro atoms. The SMILES string of the molecule is CCCC1=NN2C(=N)/C(=C/c3ccc(OCCOc4ccc(Br)cc4)cc3)C(=O)N=C2S1. The van der Waals surface area contributed by atoms with Gasteiger partial charge in [0.2, 0.25) is 5.17 Å². The minimum Gasteiger partial charge on any atom is -0.490 e. The van der Waals surface area contributed by atoms with Gasteiger partial charge in [0.25, 0.3) is 5.91 Å². The van der Waals surface area contributed by atoms with Gasteiger partial charge in [-0.15, -0.1) is 0 Å². The van der Waals surface area contributed by atoms with Crippen molar-refractivity contribution in [3.8, 4) is 11.5 Å². The standard InChI is InChI=1S/C23H21BrN4O3S/c1-2-3-20-27-28-21(25)19(22(29)26-23(28)32-20)14-15-4-8-17(9-5-15)30-12-13-31-18-10-6-16(24)7-11-18/h4-11,14,25H,2-3,12-13H2,1H3/b19-14-,25-21?. The number of amides is 1. The summed E-state index contributed by atoms with van der Waals surface area (Å²) >= 11 is 4.75. The number of nitrogens with zero attached hydrogens (tertiary/aromatic N) is 3. The van der Waals surface area contributed by atoms with Gasteiger partial charge in [0.15, 0.2) is 5.84 Å². The van der Waals surface area contributed by atoms with Crippen LogP contribution < -0.4 is 9.47 Å². The summed E-state index contributed by atoms with van der Waals surface area (Å²) in [5.74, 6) is 1.10. The largest absolute Gasteiger partial charge is 0.490 e. The highest BCUT2D eigenvalue weighted by Gasteiger charge is 2.35. The van der Waals surface area contributed by atoms with Crippen LogP contribution in [0.5, 0.6) is 11.5 Å². The molecule has 9 heteroatoms. The molecular weight excluding hydrogens is 492 g/mol. The summed E-state index contributed by atoms with van der Waals surface area (Å²) in [7, 11) is 0.